The van der Waals surface area contributed by atoms with E-state index in [0.717, 1.165) is 22.4 Å². The third kappa shape index (κ3) is 3.51. The van der Waals surface area contributed by atoms with Crippen molar-refractivity contribution in [1.29, 1.82) is 0 Å². The minimum atomic E-state index is -0.417. The molecular weight excluding hydrogens is 436 g/mol. The number of phenols is 1. The van der Waals surface area contributed by atoms with Gasteiger partial charge in [0.05, 0.1) is 31.0 Å². The maximum atomic E-state index is 13.6. The number of nitrogens with one attached hydrogen (secondary N) is 1. The first-order chi connectivity index (χ1) is 16.4. The Bertz CT molecular complexity index is 1320. The third-order valence-electron chi connectivity index (χ3n) is 6.60. The van der Waals surface area contributed by atoms with E-state index in [1.165, 1.54) is 14.2 Å². The first-order valence-corrected chi connectivity index (χ1v) is 11.0. The van der Waals surface area contributed by atoms with E-state index in [1.54, 1.807) is 24.3 Å². The molecular formula is C26H24N2O6. The van der Waals surface area contributed by atoms with Crippen LogP contribution in [0.25, 0.3) is 0 Å². The quantitative estimate of drug-likeness (QED) is 0.550. The summed E-state index contributed by atoms with van der Waals surface area (Å²) in [6.07, 6.45) is 0.912. The van der Waals surface area contributed by atoms with Crippen LogP contribution in [0, 0.1) is 6.92 Å². The van der Waals surface area contributed by atoms with E-state index in [1.807, 2.05) is 25.1 Å². The fourth-order valence-corrected chi connectivity index (χ4v) is 4.92. The average molecular weight is 460 g/mol. The number of anilines is 1. The highest BCUT2D eigenvalue weighted by atomic mass is 16.5. The van der Waals surface area contributed by atoms with Crippen molar-refractivity contribution in [3.63, 3.8) is 0 Å². The van der Waals surface area contributed by atoms with Gasteiger partial charge in [-0.15, -0.1) is 0 Å². The molecule has 2 atom stereocenters. The van der Waals surface area contributed by atoms with Gasteiger partial charge in [-0.2, -0.15) is 0 Å². The molecule has 34 heavy (non-hydrogen) atoms. The van der Waals surface area contributed by atoms with Crippen molar-refractivity contribution >= 4 is 17.6 Å². The lowest BCUT2D eigenvalue weighted by atomic mass is 9.72. The van der Waals surface area contributed by atoms with Gasteiger partial charge >= 0.3 is 5.97 Å². The molecule has 0 saturated heterocycles. The lowest BCUT2D eigenvalue weighted by Gasteiger charge is -2.34. The van der Waals surface area contributed by atoms with Gasteiger partial charge in [-0.1, -0.05) is 23.4 Å². The first-order valence-electron chi connectivity index (χ1n) is 11.0. The summed E-state index contributed by atoms with van der Waals surface area (Å²) in [4.78, 5) is 25.5. The summed E-state index contributed by atoms with van der Waals surface area (Å²) < 4.78 is 15.6. The van der Waals surface area contributed by atoms with Crippen LogP contribution in [0.5, 0.6) is 11.5 Å². The number of aromatic hydroxyl groups is 1. The van der Waals surface area contributed by atoms with Gasteiger partial charge in [-0.25, -0.2) is 4.79 Å². The Morgan fingerprint density at radius 1 is 1.12 bits per heavy atom. The molecule has 1 aliphatic carbocycles. The summed E-state index contributed by atoms with van der Waals surface area (Å²) in [7, 11) is 2.84. The van der Waals surface area contributed by atoms with Crippen molar-refractivity contribution in [2.24, 2.45) is 0 Å². The number of methoxy groups -OCH3 is 2. The van der Waals surface area contributed by atoms with Crippen LogP contribution in [0.4, 0.5) is 5.88 Å². The molecule has 0 saturated carbocycles. The van der Waals surface area contributed by atoms with Crippen LogP contribution < -0.4 is 10.1 Å². The zero-order chi connectivity index (χ0) is 24.0. The topological polar surface area (TPSA) is 111 Å². The van der Waals surface area contributed by atoms with E-state index < -0.39 is 5.97 Å². The highest BCUT2D eigenvalue weighted by Gasteiger charge is 2.41. The Kier molecular flexibility index (Phi) is 5.36. The zero-order valence-electron chi connectivity index (χ0n) is 19.0. The number of allylic oxidation sites excluding steroid dienone is 2. The molecule has 2 aliphatic rings. The Morgan fingerprint density at radius 3 is 2.56 bits per heavy atom. The smallest absolute Gasteiger partial charge is 0.337 e. The molecule has 0 spiro atoms. The average Bonchev–Trinajstić information content (AvgIpc) is 3.22. The molecule has 0 fully saturated rings. The number of ketones is 1. The van der Waals surface area contributed by atoms with Crippen molar-refractivity contribution in [1.82, 2.24) is 5.16 Å². The maximum Gasteiger partial charge on any atom is 0.337 e. The number of fused-ring (bicyclic) bond motifs is 1. The minimum absolute atomic E-state index is 0.0269. The lowest BCUT2D eigenvalue weighted by Crippen LogP contribution is -2.29. The van der Waals surface area contributed by atoms with Crippen molar-refractivity contribution < 1.29 is 28.7 Å². The second kappa shape index (κ2) is 8.37. The standard InChI is InChI=1S/C26H24N2O6/c1-13-22-23(14-4-6-15(7-5-14)26(31)33-3)24-18(27-25(22)34-28-13)10-17(11-20(24)30)16-8-9-19(29)21(12-16)32-2/h4-9,12,17,23,27,29H,10-11H2,1-3H3/t17-,23+/m0/s1. The van der Waals surface area contributed by atoms with Crippen LogP contribution in [0.2, 0.25) is 0 Å². The number of carbonyl (C=O) groups is 2. The van der Waals surface area contributed by atoms with Gasteiger partial charge in [0.15, 0.2) is 17.3 Å². The fourth-order valence-electron chi connectivity index (χ4n) is 4.92. The van der Waals surface area contributed by atoms with E-state index in [4.69, 9.17) is 14.0 Å². The number of hydrogen-bond acceptors (Lipinski definition) is 8. The van der Waals surface area contributed by atoms with Crippen LogP contribution in [-0.4, -0.2) is 36.2 Å². The summed E-state index contributed by atoms with van der Waals surface area (Å²) in [5.74, 6) is 0.126. The number of ether oxygens (including phenoxy) is 2. The van der Waals surface area contributed by atoms with Gasteiger partial charge in [0.1, 0.15) is 0 Å². The molecule has 174 valence electrons. The summed E-state index contributed by atoms with van der Waals surface area (Å²) in [5.41, 5.74) is 5.22. The van der Waals surface area contributed by atoms with Crippen LogP contribution in [0.3, 0.4) is 0 Å². The van der Waals surface area contributed by atoms with Gasteiger partial charge in [-0.3, -0.25) is 4.79 Å². The zero-order valence-corrected chi connectivity index (χ0v) is 19.0. The number of Topliss-reactive ketones (excluding diaryl/α,β-unsaturated/α-hetero) is 1. The van der Waals surface area contributed by atoms with E-state index in [2.05, 4.69) is 10.5 Å². The number of aryl methyl sites for hydroxylation is 1. The van der Waals surface area contributed by atoms with Crippen LogP contribution in [0.15, 0.2) is 58.3 Å². The Labute approximate surface area is 196 Å². The van der Waals surface area contributed by atoms with E-state index in [0.29, 0.717) is 41.3 Å². The number of phenolic OH excluding ortho intramolecular Hbond substituents is 1. The van der Waals surface area contributed by atoms with Crippen LogP contribution >= 0.6 is 0 Å². The van der Waals surface area contributed by atoms with Gasteiger partial charge in [0, 0.05) is 23.6 Å². The summed E-state index contributed by atoms with van der Waals surface area (Å²) in [6, 6.07) is 12.3. The molecule has 2 N–H and O–H groups in total. The summed E-state index contributed by atoms with van der Waals surface area (Å²) in [5, 5.41) is 17.4. The van der Waals surface area contributed by atoms with E-state index in [9.17, 15) is 14.7 Å². The molecule has 1 aromatic heterocycles. The largest absolute Gasteiger partial charge is 0.504 e. The molecule has 0 unspecified atom stereocenters. The van der Waals surface area contributed by atoms with Crippen LogP contribution in [0.1, 0.15) is 57.4 Å². The van der Waals surface area contributed by atoms with Gasteiger partial charge in [-0.05, 0) is 54.7 Å². The van der Waals surface area contributed by atoms with Crippen molar-refractivity contribution in [2.75, 3.05) is 19.5 Å². The first kappa shape index (κ1) is 21.8. The number of benzene rings is 2. The van der Waals surface area contributed by atoms with Crippen molar-refractivity contribution in [2.45, 2.75) is 31.6 Å². The number of aromatic nitrogens is 1. The van der Waals surface area contributed by atoms with E-state index >= 15 is 0 Å². The Hall–Kier alpha value is -4.07. The molecule has 2 aromatic carbocycles. The SMILES string of the molecule is COC(=O)c1ccc([C@H]2C3=C(C[C@H](c4ccc(O)c(OC)c4)CC3=O)Nc3onc(C)c32)cc1. The van der Waals surface area contributed by atoms with Gasteiger partial charge in [0.2, 0.25) is 5.88 Å². The van der Waals surface area contributed by atoms with Gasteiger partial charge in [0.25, 0.3) is 0 Å². The number of hydrogen-bond donors (Lipinski definition) is 2. The monoisotopic (exact) mass is 460 g/mol. The Morgan fingerprint density at radius 2 is 1.85 bits per heavy atom. The van der Waals surface area contributed by atoms with E-state index in [-0.39, 0.29) is 23.4 Å². The molecule has 3 aromatic rings. The molecule has 1 aliphatic heterocycles. The maximum absolute atomic E-state index is 13.6. The highest BCUT2D eigenvalue weighted by molar-refractivity contribution is 6.01. The van der Waals surface area contributed by atoms with Crippen molar-refractivity contribution in [3.05, 3.63) is 81.7 Å². The number of carbonyl (C=O) groups excluding carboxylic acids is 2. The molecule has 8 nitrogen and oxygen atoms in total. The fraction of sp³-hybridized carbons (Fsp3) is 0.269. The number of nitrogens with zero attached hydrogens (tertiary/aromatic N) is 1. The minimum Gasteiger partial charge on any atom is -0.504 e. The van der Waals surface area contributed by atoms with Crippen molar-refractivity contribution in [3.8, 4) is 11.5 Å². The number of rotatable bonds is 4. The molecule has 0 bridgehead atoms. The predicted octanol–water partition coefficient (Wildman–Crippen LogP) is 4.44. The Balaban J connectivity index is 1.56. The molecule has 2 heterocycles. The lowest BCUT2D eigenvalue weighted by molar-refractivity contribution is -0.116. The molecule has 8 heteroatoms. The molecule has 0 amide bonds. The van der Waals surface area contributed by atoms with Gasteiger partial charge < -0.3 is 24.4 Å². The number of esters is 1. The van der Waals surface area contributed by atoms with Crippen LogP contribution in [-0.2, 0) is 9.53 Å². The molecule has 5 rings (SSSR count). The highest BCUT2D eigenvalue weighted by Crippen LogP contribution is 2.49. The second-order valence-electron chi connectivity index (χ2n) is 8.53. The predicted molar refractivity (Wildman–Crippen MR) is 123 cm³/mol. The molecule has 0 radical (unpaired) electrons. The summed E-state index contributed by atoms with van der Waals surface area (Å²) >= 11 is 0. The summed E-state index contributed by atoms with van der Waals surface area (Å²) in [6.45, 7) is 1.85. The normalized spacial score (nSPS) is 19.2. The second-order valence-corrected chi connectivity index (χ2v) is 8.53. The third-order valence-corrected chi connectivity index (χ3v) is 6.60.